The second-order valence-corrected chi connectivity index (χ2v) is 6.09. The summed E-state index contributed by atoms with van der Waals surface area (Å²) in [5.74, 6) is 0. The molecule has 4 nitrogen and oxygen atoms in total. The van der Waals surface area contributed by atoms with Gasteiger partial charge in [-0.1, -0.05) is 0 Å². The molecule has 0 aliphatic heterocycles. The van der Waals surface area contributed by atoms with Crippen LogP contribution in [0.25, 0.3) is 0 Å². The van der Waals surface area contributed by atoms with E-state index in [1.165, 1.54) is 4.88 Å². The Morgan fingerprint density at radius 3 is 2.44 bits per heavy atom. The quantitative estimate of drug-likeness (QED) is 0.835. The maximum atomic E-state index is 11.5. The van der Waals surface area contributed by atoms with Crippen LogP contribution in [0.2, 0.25) is 0 Å². The van der Waals surface area contributed by atoms with Gasteiger partial charge in [-0.2, -0.15) is 0 Å². The lowest BCUT2D eigenvalue weighted by Crippen LogP contribution is -2.46. The van der Waals surface area contributed by atoms with Gasteiger partial charge in [-0.15, -0.1) is 11.3 Å². The Kier molecular flexibility index (Phi) is 3.91. The fourth-order valence-corrected chi connectivity index (χ4v) is 2.03. The maximum absolute atomic E-state index is 11.5. The summed E-state index contributed by atoms with van der Waals surface area (Å²) in [7, 11) is 0. The van der Waals surface area contributed by atoms with Gasteiger partial charge < -0.3 is 10.6 Å². The molecule has 0 radical (unpaired) electrons. The summed E-state index contributed by atoms with van der Waals surface area (Å²) in [5, 5.41) is 6.58. The molecular weight excluding hydrogens is 222 g/mol. The van der Waals surface area contributed by atoms with Crippen molar-refractivity contribution in [3.05, 3.63) is 15.6 Å². The summed E-state index contributed by atoms with van der Waals surface area (Å²) in [6.45, 7) is 10.3. The van der Waals surface area contributed by atoms with Crippen LogP contribution in [0.15, 0.2) is 0 Å². The Hall–Kier alpha value is -1.10. The number of amides is 2. The highest BCUT2D eigenvalue weighted by Gasteiger charge is 2.13. The van der Waals surface area contributed by atoms with Crippen LogP contribution in [0.5, 0.6) is 0 Å². The number of thiazole rings is 1. The van der Waals surface area contributed by atoms with Crippen LogP contribution in [0.3, 0.4) is 0 Å². The molecule has 0 atom stereocenters. The van der Waals surface area contributed by atoms with Crippen LogP contribution in [-0.4, -0.2) is 16.6 Å². The van der Waals surface area contributed by atoms with Crippen molar-refractivity contribution in [3.63, 3.8) is 0 Å². The molecule has 2 N–H and O–H groups in total. The van der Waals surface area contributed by atoms with Gasteiger partial charge in [0, 0.05) is 10.4 Å². The van der Waals surface area contributed by atoms with Gasteiger partial charge in [-0.05, 0) is 34.6 Å². The topological polar surface area (TPSA) is 54.0 Å². The van der Waals surface area contributed by atoms with Crippen molar-refractivity contribution >= 4 is 17.4 Å². The van der Waals surface area contributed by atoms with Crippen LogP contribution >= 0.6 is 11.3 Å². The molecular formula is C11H19N3OS. The number of rotatable bonds is 2. The average molecular weight is 241 g/mol. The van der Waals surface area contributed by atoms with E-state index < -0.39 is 0 Å². The van der Waals surface area contributed by atoms with E-state index in [1.54, 1.807) is 11.3 Å². The van der Waals surface area contributed by atoms with Gasteiger partial charge in [-0.25, -0.2) is 9.78 Å². The Balaban J connectivity index is 2.43. The molecule has 0 aliphatic carbocycles. The minimum atomic E-state index is -0.210. The molecule has 16 heavy (non-hydrogen) atoms. The van der Waals surface area contributed by atoms with Crippen molar-refractivity contribution in [2.24, 2.45) is 0 Å². The summed E-state index contributed by atoms with van der Waals surface area (Å²) in [6.07, 6.45) is 0. The molecule has 1 aromatic rings. The number of carbonyl (C=O) groups is 1. The summed E-state index contributed by atoms with van der Waals surface area (Å²) in [6, 6.07) is -0.155. The van der Waals surface area contributed by atoms with E-state index in [4.69, 9.17) is 0 Å². The Labute approximate surface area is 100 Å². The van der Waals surface area contributed by atoms with Crippen LogP contribution in [0.4, 0.5) is 4.79 Å². The van der Waals surface area contributed by atoms with E-state index in [1.807, 2.05) is 34.6 Å². The van der Waals surface area contributed by atoms with Crippen molar-refractivity contribution in [1.82, 2.24) is 15.6 Å². The van der Waals surface area contributed by atoms with Gasteiger partial charge in [0.25, 0.3) is 0 Å². The van der Waals surface area contributed by atoms with E-state index in [9.17, 15) is 4.79 Å². The van der Waals surface area contributed by atoms with Crippen molar-refractivity contribution in [1.29, 1.82) is 0 Å². The molecule has 2 amide bonds. The first-order valence-electron chi connectivity index (χ1n) is 5.27. The Morgan fingerprint density at radius 2 is 2.00 bits per heavy atom. The molecule has 0 unspecified atom stereocenters. The van der Waals surface area contributed by atoms with E-state index in [-0.39, 0.29) is 11.6 Å². The zero-order chi connectivity index (χ0) is 12.3. The first kappa shape index (κ1) is 13.0. The fraction of sp³-hybridized carbons (Fsp3) is 0.636. The number of urea groups is 1. The standard InChI is InChI=1S/C11H19N3OS/c1-7-8(2)16-9(13-7)6-12-10(15)14-11(3,4)5/h6H2,1-5H3,(H2,12,14,15). The van der Waals surface area contributed by atoms with E-state index in [2.05, 4.69) is 15.6 Å². The fourth-order valence-electron chi connectivity index (χ4n) is 1.16. The molecule has 0 saturated heterocycles. The van der Waals surface area contributed by atoms with Crippen LogP contribution in [0.1, 0.15) is 36.3 Å². The molecule has 0 saturated carbocycles. The molecule has 0 bridgehead atoms. The summed E-state index contributed by atoms with van der Waals surface area (Å²) in [5.41, 5.74) is 0.830. The molecule has 1 heterocycles. The van der Waals surface area contributed by atoms with Crippen molar-refractivity contribution < 1.29 is 4.79 Å². The molecule has 0 spiro atoms. The smallest absolute Gasteiger partial charge is 0.315 e. The molecule has 1 rings (SSSR count). The molecule has 5 heteroatoms. The van der Waals surface area contributed by atoms with Crippen molar-refractivity contribution in [2.75, 3.05) is 0 Å². The van der Waals surface area contributed by atoms with E-state index in [0.717, 1.165) is 10.7 Å². The number of nitrogens with zero attached hydrogens (tertiary/aromatic N) is 1. The van der Waals surface area contributed by atoms with Gasteiger partial charge in [0.1, 0.15) is 5.01 Å². The van der Waals surface area contributed by atoms with Crippen LogP contribution in [-0.2, 0) is 6.54 Å². The largest absolute Gasteiger partial charge is 0.334 e. The average Bonchev–Trinajstić information content (AvgIpc) is 2.40. The first-order chi connectivity index (χ1) is 7.28. The summed E-state index contributed by atoms with van der Waals surface area (Å²) >= 11 is 1.62. The first-order valence-corrected chi connectivity index (χ1v) is 6.08. The highest BCUT2D eigenvalue weighted by Crippen LogP contribution is 2.15. The van der Waals surface area contributed by atoms with Gasteiger partial charge in [0.05, 0.1) is 12.2 Å². The van der Waals surface area contributed by atoms with Crippen molar-refractivity contribution in [2.45, 2.75) is 46.7 Å². The SMILES string of the molecule is Cc1nc(CNC(=O)NC(C)(C)C)sc1C. The number of aromatic nitrogens is 1. The maximum Gasteiger partial charge on any atom is 0.315 e. The minimum Gasteiger partial charge on any atom is -0.334 e. The van der Waals surface area contributed by atoms with Gasteiger partial charge in [-0.3, -0.25) is 0 Å². The number of carbonyl (C=O) groups excluding carboxylic acids is 1. The van der Waals surface area contributed by atoms with Gasteiger partial charge >= 0.3 is 6.03 Å². The zero-order valence-electron chi connectivity index (χ0n) is 10.5. The van der Waals surface area contributed by atoms with Gasteiger partial charge in [0.2, 0.25) is 0 Å². The zero-order valence-corrected chi connectivity index (χ0v) is 11.3. The third-order valence-corrected chi connectivity index (χ3v) is 3.03. The summed E-state index contributed by atoms with van der Waals surface area (Å²) in [4.78, 5) is 17.0. The predicted molar refractivity (Wildman–Crippen MR) is 66.7 cm³/mol. The Bertz CT molecular complexity index is 360. The molecule has 0 fully saturated rings. The van der Waals surface area contributed by atoms with Crippen LogP contribution < -0.4 is 10.6 Å². The monoisotopic (exact) mass is 241 g/mol. The van der Waals surface area contributed by atoms with E-state index in [0.29, 0.717) is 6.54 Å². The number of aryl methyl sites for hydroxylation is 2. The second kappa shape index (κ2) is 4.82. The predicted octanol–water partition coefficient (Wildman–Crippen LogP) is 2.36. The molecule has 90 valence electrons. The molecule has 1 aromatic heterocycles. The lowest BCUT2D eigenvalue weighted by atomic mass is 10.1. The number of nitrogens with one attached hydrogen (secondary N) is 2. The van der Waals surface area contributed by atoms with E-state index >= 15 is 0 Å². The number of hydrogen-bond donors (Lipinski definition) is 2. The van der Waals surface area contributed by atoms with Gasteiger partial charge in [0.15, 0.2) is 0 Å². The van der Waals surface area contributed by atoms with Crippen LogP contribution in [0, 0.1) is 13.8 Å². The third-order valence-electron chi connectivity index (χ3n) is 1.96. The second-order valence-electron chi connectivity index (χ2n) is 4.81. The lowest BCUT2D eigenvalue weighted by molar-refractivity contribution is 0.231. The van der Waals surface area contributed by atoms with Crippen molar-refractivity contribution in [3.8, 4) is 0 Å². The minimum absolute atomic E-state index is 0.155. The highest BCUT2D eigenvalue weighted by molar-refractivity contribution is 7.11. The highest BCUT2D eigenvalue weighted by atomic mass is 32.1. The number of hydrogen-bond acceptors (Lipinski definition) is 3. The third kappa shape index (κ3) is 4.18. The summed E-state index contributed by atoms with van der Waals surface area (Å²) < 4.78 is 0. The molecule has 0 aliphatic rings. The normalized spacial score (nSPS) is 11.3. The lowest BCUT2D eigenvalue weighted by Gasteiger charge is -2.20. The Morgan fingerprint density at radius 1 is 1.38 bits per heavy atom. The molecule has 0 aromatic carbocycles.